The largest absolute Gasteiger partial charge is 0.462 e. The van der Waals surface area contributed by atoms with Crippen LogP contribution in [0.15, 0.2) is 0 Å². The molecule has 0 saturated carbocycles. The summed E-state index contributed by atoms with van der Waals surface area (Å²) in [5.74, 6) is 0.873. The minimum absolute atomic E-state index is 0.0633. The number of rotatable bonds is 49. The molecule has 0 aliphatic heterocycles. The van der Waals surface area contributed by atoms with E-state index in [2.05, 4.69) is 34.6 Å². The molecule has 0 aromatic carbocycles. The van der Waals surface area contributed by atoms with E-state index in [1.54, 1.807) is 0 Å². The van der Waals surface area contributed by atoms with Gasteiger partial charge in [0, 0.05) is 19.3 Å². The zero-order valence-electron chi connectivity index (χ0n) is 41.8. The maximum atomic E-state index is 12.8. The number of hydrogen-bond acceptors (Lipinski definition) is 6. The van der Waals surface area contributed by atoms with Gasteiger partial charge in [0.1, 0.15) is 13.2 Å². The van der Waals surface area contributed by atoms with Crippen molar-refractivity contribution < 1.29 is 28.6 Å². The number of ether oxygens (including phenoxy) is 3. The first kappa shape index (κ1) is 59.4. The highest BCUT2D eigenvalue weighted by Gasteiger charge is 2.19. The van der Waals surface area contributed by atoms with Crippen molar-refractivity contribution in [3.8, 4) is 0 Å². The van der Waals surface area contributed by atoms with Crippen molar-refractivity contribution in [2.75, 3.05) is 13.2 Å². The quantitative estimate of drug-likeness (QED) is 0.0344. The van der Waals surface area contributed by atoms with Gasteiger partial charge in [0.2, 0.25) is 0 Å². The van der Waals surface area contributed by atoms with Gasteiger partial charge in [0.15, 0.2) is 6.10 Å². The van der Waals surface area contributed by atoms with Crippen LogP contribution in [0.5, 0.6) is 0 Å². The van der Waals surface area contributed by atoms with E-state index in [9.17, 15) is 14.4 Å². The van der Waals surface area contributed by atoms with Gasteiger partial charge in [-0.15, -0.1) is 0 Å². The van der Waals surface area contributed by atoms with E-state index in [4.69, 9.17) is 14.2 Å². The molecule has 6 heteroatoms. The Labute approximate surface area is 380 Å². The van der Waals surface area contributed by atoms with Crippen molar-refractivity contribution in [2.24, 2.45) is 11.8 Å². The maximum absolute atomic E-state index is 12.8. The van der Waals surface area contributed by atoms with E-state index in [1.807, 2.05) is 0 Å². The molecular formula is C55H106O6. The van der Waals surface area contributed by atoms with Crippen molar-refractivity contribution in [1.82, 2.24) is 0 Å². The molecule has 6 nitrogen and oxygen atoms in total. The molecule has 0 fully saturated rings. The highest BCUT2D eigenvalue weighted by Crippen LogP contribution is 2.18. The number of carbonyl (C=O) groups is 3. The normalized spacial score (nSPS) is 12.5. The lowest BCUT2D eigenvalue weighted by Crippen LogP contribution is -2.30. The summed E-state index contributed by atoms with van der Waals surface area (Å²) in [6, 6.07) is 0. The first-order valence-corrected chi connectivity index (χ1v) is 27.3. The Hall–Kier alpha value is -1.59. The van der Waals surface area contributed by atoms with Gasteiger partial charge in [-0.3, -0.25) is 14.4 Å². The molecule has 362 valence electrons. The Morgan fingerprint density at radius 1 is 0.344 bits per heavy atom. The maximum Gasteiger partial charge on any atom is 0.306 e. The summed E-state index contributed by atoms with van der Waals surface area (Å²) in [4.78, 5) is 38.0. The molecule has 2 atom stereocenters. The van der Waals surface area contributed by atoms with Gasteiger partial charge < -0.3 is 14.2 Å². The van der Waals surface area contributed by atoms with Crippen LogP contribution in [0.1, 0.15) is 304 Å². The van der Waals surface area contributed by atoms with E-state index in [0.29, 0.717) is 19.3 Å². The van der Waals surface area contributed by atoms with Gasteiger partial charge in [-0.1, -0.05) is 266 Å². The average molecular weight is 863 g/mol. The molecule has 1 unspecified atom stereocenters. The lowest BCUT2D eigenvalue weighted by Gasteiger charge is -2.18. The number of esters is 3. The molecule has 0 aromatic rings. The molecule has 0 aliphatic rings. The second kappa shape index (κ2) is 47.9. The highest BCUT2D eigenvalue weighted by atomic mass is 16.6. The standard InChI is InChI=1S/C55H106O6/c1-6-8-9-10-11-12-18-25-30-35-40-45-53(56)59-48-52(49-60-54(57)46-41-36-31-26-22-21-24-29-34-39-44-51(5)7-2)61-55(58)47-42-37-32-27-20-17-15-13-14-16-19-23-28-33-38-43-50(3)4/h50-52H,6-49H2,1-5H3/t51?,52-/m1/s1. The topological polar surface area (TPSA) is 78.9 Å². The smallest absolute Gasteiger partial charge is 0.306 e. The Morgan fingerprint density at radius 2 is 0.623 bits per heavy atom. The zero-order valence-corrected chi connectivity index (χ0v) is 41.8. The zero-order chi connectivity index (χ0) is 44.7. The molecule has 0 spiro atoms. The lowest BCUT2D eigenvalue weighted by atomic mass is 9.99. The Morgan fingerprint density at radius 3 is 0.934 bits per heavy atom. The van der Waals surface area contributed by atoms with Gasteiger partial charge in [0.25, 0.3) is 0 Å². The molecule has 61 heavy (non-hydrogen) atoms. The van der Waals surface area contributed by atoms with Crippen molar-refractivity contribution >= 4 is 17.9 Å². The minimum Gasteiger partial charge on any atom is -0.462 e. The number of carbonyl (C=O) groups excluding carboxylic acids is 3. The van der Waals surface area contributed by atoms with Crippen LogP contribution in [0.4, 0.5) is 0 Å². The molecular weight excluding hydrogens is 757 g/mol. The van der Waals surface area contributed by atoms with E-state index in [-0.39, 0.29) is 31.1 Å². The van der Waals surface area contributed by atoms with Crippen LogP contribution in [-0.4, -0.2) is 37.2 Å². The molecule has 0 heterocycles. The predicted molar refractivity (Wildman–Crippen MR) is 261 cm³/mol. The summed E-state index contributed by atoms with van der Waals surface area (Å²) < 4.78 is 16.8. The van der Waals surface area contributed by atoms with Crippen molar-refractivity contribution in [3.05, 3.63) is 0 Å². The average Bonchev–Trinajstić information content (AvgIpc) is 3.24. The molecule has 0 bridgehead atoms. The number of unbranched alkanes of at least 4 members (excludes halogenated alkanes) is 33. The van der Waals surface area contributed by atoms with Gasteiger partial charge in [0.05, 0.1) is 0 Å². The molecule has 0 radical (unpaired) electrons. The summed E-state index contributed by atoms with van der Waals surface area (Å²) in [5, 5.41) is 0. The first-order valence-electron chi connectivity index (χ1n) is 27.3. The first-order chi connectivity index (χ1) is 29.8. The SMILES string of the molecule is CCCCCCCCCCCCCC(=O)OC[C@H](COC(=O)CCCCCCCCCCCCC(C)CC)OC(=O)CCCCCCCCCCCCCCCCCC(C)C. The van der Waals surface area contributed by atoms with Crippen LogP contribution in [0, 0.1) is 11.8 Å². The molecule has 0 N–H and O–H groups in total. The monoisotopic (exact) mass is 863 g/mol. The fraction of sp³-hybridized carbons (Fsp3) is 0.945. The van der Waals surface area contributed by atoms with Gasteiger partial charge in [-0.05, 0) is 31.1 Å². The Balaban J connectivity index is 4.29. The third-order valence-corrected chi connectivity index (χ3v) is 12.8. The van der Waals surface area contributed by atoms with Crippen molar-refractivity contribution in [1.29, 1.82) is 0 Å². The summed E-state index contributed by atoms with van der Waals surface area (Å²) in [7, 11) is 0. The van der Waals surface area contributed by atoms with Gasteiger partial charge in [-0.2, -0.15) is 0 Å². The van der Waals surface area contributed by atoms with Crippen LogP contribution in [0.2, 0.25) is 0 Å². The summed E-state index contributed by atoms with van der Waals surface area (Å²) in [5.41, 5.74) is 0. The third-order valence-electron chi connectivity index (χ3n) is 12.8. The van der Waals surface area contributed by atoms with Crippen LogP contribution >= 0.6 is 0 Å². The van der Waals surface area contributed by atoms with Gasteiger partial charge >= 0.3 is 17.9 Å². The van der Waals surface area contributed by atoms with Crippen LogP contribution < -0.4 is 0 Å². The van der Waals surface area contributed by atoms with Gasteiger partial charge in [-0.25, -0.2) is 0 Å². The van der Waals surface area contributed by atoms with E-state index >= 15 is 0 Å². The minimum atomic E-state index is -0.762. The second-order valence-corrected chi connectivity index (χ2v) is 19.6. The van der Waals surface area contributed by atoms with E-state index in [1.165, 1.54) is 193 Å². The van der Waals surface area contributed by atoms with E-state index in [0.717, 1.165) is 69.6 Å². The van der Waals surface area contributed by atoms with Crippen molar-refractivity contribution in [3.63, 3.8) is 0 Å². The molecule has 0 saturated heterocycles. The fourth-order valence-electron chi connectivity index (χ4n) is 8.31. The van der Waals surface area contributed by atoms with Crippen molar-refractivity contribution in [2.45, 2.75) is 310 Å². The second-order valence-electron chi connectivity index (χ2n) is 19.6. The third kappa shape index (κ3) is 47.7. The summed E-state index contributed by atoms with van der Waals surface area (Å²) in [6.45, 7) is 11.4. The van der Waals surface area contributed by atoms with Crippen LogP contribution in [0.3, 0.4) is 0 Å². The summed E-state index contributed by atoms with van der Waals surface area (Å²) in [6.07, 6.45) is 49.4. The molecule has 0 rings (SSSR count). The lowest BCUT2D eigenvalue weighted by molar-refractivity contribution is -0.167. The molecule has 0 aromatic heterocycles. The fourth-order valence-corrected chi connectivity index (χ4v) is 8.31. The predicted octanol–water partition coefficient (Wildman–Crippen LogP) is 17.7. The number of hydrogen-bond donors (Lipinski definition) is 0. The van der Waals surface area contributed by atoms with E-state index < -0.39 is 6.10 Å². The van der Waals surface area contributed by atoms with Crippen LogP contribution in [0.25, 0.3) is 0 Å². The molecule has 0 aliphatic carbocycles. The molecule has 0 amide bonds. The Bertz CT molecular complexity index is 933. The van der Waals surface area contributed by atoms with Crippen LogP contribution in [-0.2, 0) is 28.6 Å². The Kier molecular flexibility index (Phi) is 46.6. The highest BCUT2D eigenvalue weighted by molar-refractivity contribution is 5.71. The summed E-state index contributed by atoms with van der Waals surface area (Å²) >= 11 is 0.